The summed E-state index contributed by atoms with van der Waals surface area (Å²) in [6.45, 7) is 5.83. The molecule has 0 saturated carbocycles. The number of para-hydroxylation sites is 1. The number of rotatable bonds is 5. The van der Waals surface area contributed by atoms with Gasteiger partial charge in [0.2, 0.25) is 5.91 Å². The molecule has 0 unspecified atom stereocenters. The Balaban J connectivity index is 1.38. The number of anilines is 2. The lowest BCUT2D eigenvalue weighted by Crippen LogP contribution is -2.44. The number of amides is 1. The molecule has 5 aromatic rings. The van der Waals surface area contributed by atoms with Crippen LogP contribution in [0.15, 0.2) is 48.9 Å². The topological polar surface area (TPSA) is 119 Å². The fourth-order valence-corrected chi connectivity index (χ4v) is 4.58. The number of piperazine rings is 1. The van der Waals surface area contributed by atoms with Crippen LogP contribution in [0.1, 0.15) is 13.3 Å². The maximum atomic E-state index is 11.8. The first-order valence-electron chi connectivity index (χ1n) is 12.1. The summed E-state index contributed by atoms with van der Waals surface area (Å²) in [5, 5.41) is 11.4. The van der Waals surface area contributed by atoms with Crippen molar-refractivity contribution in [3.05, 3.63) is 48.9 Å². The second-order valence-corrected chi connectivity index (χ2v) is 9.10. The van der Waals surface area contributed by atoms with E-state index in [1.807, 2.05) is 19.1 Å². The third-order valence-corrected chi connectivity index (χ3v) is 6.65. The van der Waals surface area contributed by atoms with Crippen molar-refractivity contribution in [2.45, 2.75) is 13.3 Å². The van der Waals surface area contributed by atoms with Gasteiger partial charge in [0, 0.05) is 49.7 Å². The van der Waals surface area contributed by atoms with E-state index in [1.165, 1.54) is 0 Å². The van der Waals surface area contributed by atoms with Crippen LogP contribution in [-0.2, 0) is 4.79 Å². The van der Waals surface area contributed by atoms with Gasteiger partial charge in [-0.2, -0.15) is 5.10 Å². The zero-order valence-electron chi connectivity index (χ0n) is 20.2. The van der Waals surface area contributed by atoms with Crippen LogP contribution in [0.4, 0.5) is 11.4 Å². The average molecular weight is 482 g/mol. The molecule has 1 aliphatic rings. The Morgan fingerprint density at radius 1 is 1.08 bits per heavy atom. The summed E-state index contributed by atoms with van der Waals surface area (Å²) in [4.78, 5) is 33.9. The van der Waals surface area contributed by atoms with Gasteiger partial charge in [0.05, 0.1) is 40.5 Å². The number of benzene rings is 1. The fourth-order valence-electron chi connectivity index (χ4n) is 4.58. The highest BCUT2D eigenvalue weighted by atomic mass is 16.1. The van der Waals surface area contributed by atoms with Gasteiger partial charge in [0.1, 0.15) is 11.2 Å². The Morgan fingerprint density at radius 3 is 2.78 bits per heavy atom. The van der Waals surface area contributed by atoms with Crippen LogP contribution < -0.4 is 10.2 Å². The summed E-state index contributed by atoms with van der Waals surface area (Å²) in [7, 11) is 2.16. The van der Waals surface area contributed by atoms with Crippen LogP contribution in [0.25, 0.3) is 44.7 Å². The first-order valence-corrected chi connectivity index (χ1v) is 12.1. The first kappa shape index (κ1) is 22.2. The van der Waals surface area contributed by atoms with Crippen molar-refractivity contribution in [2.75, 3.05) is 43.4 Å². The highest BCUT2D eigenvalue weighted by molar-refractivity contribution is 5.97. The molecule has 1 saturated heterocycles. The molecule has 10 heteroatoms. The minimum atomic E-state index is -0.0599. The Hall–Kier alpha value is -4.31. The fraction of sp³-hybridized carbons (Fsp3) is 0.269. The zero-order valence-corrected chi connectivity index (χ0v) is 20.2. The van der Waals surface area contributed by atoms with Gasteiger partial charge in [0.25, 0.3) is 0 Å². The Bertz CT molecular complexity index is 1560. The largest absolute Gasteiger partial charge is 0.367 e. The summed E-state index contributed by atoms with van der Waals surface area (Å²) in [5.74, 6) is 0.646. The molecule has 3 N–H and O–H groups in total. The predicted octanol–water partition coefficient (Wildman–Crippen LogP) is 3.66. The molecule has 0 radical (unpaired) electrons. The Morgan fingerprint density at radius 2 is 1.94 bits per heavy atom. The van der Waals surface area contributed by atoms with Crippen molar-refractivity contribution in [1.29, 1.82) is 0 Å². The SMILES string of the molecule is CCC(=O)Nc1cncc(-c2cc3c(-c4nc5c(N6CCN(C)CC6)cccc5[nH]4)n[nH]c3cn2)c1. The molecular formula is C26H27N9O. The second-order valence-electron chi connectivity index (χ2n) is 9.10. The normalized spacial score (nSPS) is 14.6. The molecule has 5 heterocycles. The third-order valence-electron chi connectivity index (χ3n) is 6.65. The van der Waals surface area contributed by atoms with E-state index in [-0.39, 0.29) is 5.91 Å². The molecule has 36 heavy (non-hydrogen) atoms. The molecule has 182 valence electrons. The summed E-state index contributed by atoms with van der Waals surface area (Å²) in [5.41, 5.74) is 6.81. The van der Waals surface area contributed by atoms with Crippen LogP contribution in [-0.4, -0.2) is 74.2 Å². The smallest absolute Gasteiger partial charge is 0.224 e. The first-order chi connectivity index (χ1) is 17.6. The summed E-state index contributed by atoms with van der Waals surface area (Å²) < 4.78 is 0. The van der Waals surface area contributed by atoms with E-state index in [0.717, 1.165) is 70.8 Å². The number of nitrogens with zero attached hydrogens (tertiary/aromatic N) is 6. The van der Waals surface area contributed by atoms with Gasteiger partial charge < -0.3 is 20.1 Å². The van der Waals surface area contributed by atoms with Crippen LogP contribution >= 0.6 is 0 Å². The lowest BCUT2D eigenvalue weighted by Gasteiger charge is -2.34. The summed E-state index contributed by atoms with van der Waals surface area (Å²) in [6.07, 6.45) is 5.53. The van der Waals surface area contributed by atoms with Gasteiger partial charge in [-0.3, -0.25) is 19.9 Å². The summed E-state index contributed by atoms with van der Waals surface area (Å²) >= 11 is 0. The number of nitrogens with one attached hydrogen (secondary N) is 3. The standard InChI is InChI=1S/C26H27N9O/c1-3-23(36)29-17-11-16(13-27-14-17)20-12-18-21(15-28-20)32-33-24(18)26-30-19-5-4-6-22(25(19)31-26)35-9-7-34(2)8-10-35/h4-6,11-15H,3,7-10H2,1-2H3,(H,29,36)(H,30,31)(H,32,33). The maximum Gasteiger partial charge on any atom is 0.224 e. The molecule has 10 nitrogen and oxygen atoms in total. The predicted molar refractivity (Wildman–Crippen MR) is 141 cm³/mol. The number of hydrogen-bond donors (Lipinski definition) is 3. The number of likely N-dealkylation sites (N-methyl/N-ethyl adjacent to an activating group) is 1. The number of H-pyrrole nitrogens is 2. The van der Waals surface area contributed by atoms with Crippen LogP contribution in [0.5, 0.6) is 0 Å². The van der Waals surface area contributed by atoms with Crippen molar-refractivity contribution < 1.29 is 4.79 Å². The minimum Gasteiger partial charge on any atom is -0.367 e. The second kappa shape index (κ2) is 9.04. The molecule has 1 aromatic carbocycles. The van der Waals surface area contributed by atoms with Crippen molar-refractivity contribution in [2.24, 2.45) is 0 Å². The van der Waals surface area contributed by atoms with Crippen LogP contribution in [0.3, 0.4) is 0 Å². The number of fused-ring (bicyclic) bond motifs is 2. The van der Waals surface area contributed by atoms with E-state index in [1.54, 1.807) is 18.6 Å². The Labute approximate surface area is 207 Å². The highest BCUT2D eigenvalue weighted by Gasteiger charge is 2.20. The van der Waals surface area contributed by atoms with E-state index < -0.39 is 0 Å². The molecule has 1 aliphatic heterocycles. The van der Waals surface area contributed by atoms with E-state index >= 15 is 0 Å². The number of imidazole rings is 1. The van der Waals surface area contributed by atoms with E-state index in [9.17, 15) is 4.79 Å². The molecule has 1 fully saturated rings. The summed E-state index contributed by atoms with van der Waals surface area (Å²) in [6, 6.07) is 10.1. The van der Waals surface area contributed by atoms with Gasteiger partial charge in [0.15, 0.2) is 5.82 Å². The highest BCUT2D eigenvalue weighted by Crippen LogP contribution is 2.32. The average Bonchev–Trinajstić information content (AvgIpc) is 3.53. The van der Waals surface area contributed by atoms with Gasteiger partial charge in [-0.05, 0) is 31.3 Å². The third kappa shape index (κ3) is 4.05. The zero-order chi connectivity index (χ0) is 24.6. The van der Waals surface area contributed by atoms with E-state index in [0.29, 0.717) is 17.9 Å². The minimum absolute atomic E-state index is 0.0599. The molecule has 0 atom stereocenters. The van der Waals surface area contributed by atoms with Crippen molar-refractivity contribution in [3.8, 4) is 22.8 Å². The monoisotopic (exact) mass is 481 g/mol. The van der Waals surface area contributed by atoms with Gasteiger partial charge >= 0.3 is 0 Å². The number of hydrogen-bond acceptors (Lipinski definition) is 7. The molecule has 1 amide bonds. The Kier molecular flexibility index (Phi) is 5.57. The van der Waals surface area contributed by atoms with Gasteiger partial charge in [-0.25, -0.2) is 4.98 Å². The molecular weight excluding hydrogens is 454 g/mol. The molecule has 4 aromatic heterocycles. The quantitative estimate of drug-likeness (QED) is 0.350. The lowest BCUT2D eigenvalue weighted by atomic mass is 10.1. The van der Waals surface area contributed by atoms with Crippen LogP contribution in [0.2, 0.25) is 0 Å². The number of aromatic amines is 2. The molecule has 6 rings (SSSR count). The van der Waals surface area contributed by atoms with Crippen molar-refractivity contribution in [3.63, 3.8) is 0 Å². The van der Waals surface area contributed by atoms with Crippen LogP contribution in [0, 0.1) is 0 Å². The maximum absolute atomic E-state index is 11.8. The van der Waals surface area contributed by atoms with Crippen molar-refractivity contribution in [1.82, 2.24) is 35.0 Å². The molecule has 0 aliphatic carbocycles. The number of carbonyl (C=O) groups is 1. The number of aromatic nitrogens is 6. The van der Waals surface area contributed by atoms with E-state index in [2.05, 4.69) is 65.5 Å². The number of carbonyl (C=O) groups excluding carboxylic acids is 1. The lowest BCUT2D eigenvalue weighted by molar-refractivity contribution is -0.115. The van der Waals surface area contributed by atoms with E-state index in [4.69, 9.17) is 4.98 Å². The number of pyridine rings is 2. The van der Waals surface area contributed by atoms with Crippen molar-refractivity contribution >= 4 is 39.2 Å². The molecule has 0 bridgehead atoms. The van der Waals surface area contributed by atoms with Gasteiger partial charge in [-0.1, -0.05) is 13.0 Å². The molecule has 0 spiro atoms. The van der Waals surface area contributed by atoms with Gasteiger partial charge in [-0.15, -0.1) is 0 Å².